The molecule has 0 fully saturated rings. The molecule has 0 radical (unpaired) electrons. The molecular formula is C20H23N3O2S. The molecule has 6 heteroatoms. The van der Waals surface area contributed by atoms with Gasteiger partial charge in [-0.1, -0.05) is 30.3 Å². The smallest absolute Gasteiger partial charge is 0.266 e. The number of hydrogen-bond donors (Lipinski definition) is 2. The van der Waals surface area contributed by atoms with E-state index in [1.807, 2.05) is 24.3 Å². The van der Waals surface area contributed by atoms with Crippen molar-refractivity contribution in [3.05, 3.63) is 68.6 Å². The molecule has 0 atom stereocenters. The number of hydrogen-bond acceptors (Lipinski definition) is 4. The van der Waals surface area contributed by atoms with Crippen LogP contribution in [-0.2, 0) is 17.0 Å². The molecule has 26 heavy (non-hydrogen) atoms. The van der Waals surface area contributed by atoms with Crippen molar-refractivity contribution in [3.8, 4) is 6.07 Å². The van der Waals surface area contributed by atoms with Crippen LogP contribution in [-0.4, -0.2) is 23.2 Å². The van der Waals surface area contributed by atoms with Crippen LogP contribution in [0.3, 0.4) is 0 Å². The number of nitrogens with one attached hydrogen (secondary N) is 2. The Kier molecular flexibility index (Phi) is 7.49. The molecule has 0 saturated heterocycles. The van der Waals surface area contributed by atoms with E-state index in [4.69, 9.17) is 5.26 Å². The molecule has 0 unspecified atom stereocenters. The summed E-state index contributed by atoms with van der Waals surface area (Å²) in [5, 5.41) is 12.0. The number of amides is 1. The summed E-state index contributed by atoms with van der Waals surface area (Å²) in [7, 11) is 0. The molecule has 1 amide bonds. The monoisotopic (exact) mass is 369 g/mol. The lowest BCUT2D eigenvalue weighted by Crippen LogP contribution is -2.26. The van der Waals surface area contributed by atoms with Crippen LogP contribution in [0.5, 0.6) is 0 Å². The van der Waals surface area contributed by atoms with Crippen molar-refractivity contribution in [1.82, 2.24) is 10.3 Å². The largest absolute Gasteiger partial charge is 0.355 e. The summed E-state index contributed by atoms with van der Waals surface area (Å²) < 4.78 is 0. The highest BCUT2D eigenvalue weighted by molar-refractivity contribution is 7.98. The van der Waals surface area contributed by atoms with Crippen LogP contribution in [0.4, 0.5) is 0 Å². The molecule has 1 aromatic heterocycles. The van der Waals surface area contributed by atoms with Gasteiger partial charge in [0.15, 0.2) is 0 Å². The Morgan fingerprint density at radius 2 is 2.00 bits per heavy atom. The van der Waals surface area contributed by atoms with E-state index in [0.29, 0.717) is 24.9 Å². The van der Waals surface area contributed by atoms with Crippen molar-refractivity contribution in [3.63, 3.8) is 0 Å². The third-order valence-electron chi connectivity index (χ3n) is 4.20. The van der Waals surface area contributed by atoms with E-state index in [0.717, 1.165) is 22.8 Å². The quantitative estimate of drug-likeness (QED) is 0.701. The molecule has 1 aromatic carbocycles. The fraction of sp³-hybridized carbons (Fsp3) is 0.350. The lowest BCUT2D eigenvalue weighted by atomic mass is 9.99. The average molecular weight is 369 g/mol. The SMILES string of the molecule is Cc1[nH]c(=O)c(C#N)c(C)c1CCC(=O)NCCSCc1ccccc1. The van der Waals surface area contributed by atoms with Gasteiger partial charge in [0.1, 0.15) is 11.6 Å². The van der Waals surface area contributed by atoms with Crippen molar-refractivity contribution >= 4 is 17.7 Å². The van der Waals surface area contributed by atoms with Crippen LogP contribution >= 0.6 is 11.8 Å². The number of aromatic amines is 1. The van der Waals surface area contributed by atoms with Gasteiger partial charge in [-0.05, 0) is 37.0 Å². The number of aromatic nitrogens is 1. The van der Waals surface area contributed by atoms with Gasteiger partial charge in [0.25, 0.3) is 5.56 Å². The minimum absolute atomic E-state index is 0.0196. The molecular weight excluding hydrogens is 346 g/mol. The summed E-state index contributed by atoms with van der Waals surface area (Å²) >= 11 is 1.78. The van der Waals surface area contributed by atoms with Crippen molar-refractivity contribution in [2.45, 2.75) is 32.4 Å². The van der Waals surface area contributed by atoms with Crippen molar-refractivity contribution in [2.75, 3.05) is 12.3 Å². The van der Waals surface area contributed by atoms with Crippen LogP contribution in [0.25, 0.3) is 0 Å². The number of nitrogens with zero attached hydrogens (tertiary/aromatic N) is 1. The molecule has 5 nitrogen and oxygen atoms in total. The number of carbonyl (C=O) groups is 1. The molecule has 2 N–H and O–H groups in total. The predicted octanol–water partition coefficient (Wildman–Crippen LogP) is 2.85. The van der Waals surface area contributed by atoms with E-state index in [2.05, 4.69) is 22.4 Å². The predicted molar refractivity (Wildman–Crippen MR) is 105 cm³/mol. The maximum absolute atomic E-state index is 12.0. The van der Waals surface area contributed by atoms with Gasteiger partial charge in [0.2, 0.25) is 5.91 Å². The Bertz CT molecular complexity index is 854. The Hall–Kier alpha value is -2.52. The zero-order valence-electron chi connectivity index (χ0n) is 15.1. The third-order valence-corrected chi connectivity index (χ3v) is 5.23. The fourth-order valence-corrected chi connectivity index (χ4v) is 3.59. The van der Waals surface area contributed by atoms with E-state index in [9.17, 15) is 9.59 Å². The van der Waals surface area contributed by atoms with Gasteiger partial charge in [-0.25, -0.2) is 0 Å². The molecule has 0 bridgehead atoms. The second-order valence-electron chi connectivity index (χ2n) is 6.06. The normalized spacial score (nSPS) is 10.3. The minimum Gasteiger partial charge on any atom is -0.355 e. The number of benzene rings is 1. The van der Waals surface area contributed by atoms with E-state index in [-0.39, 0.29) is 17.0 Å². The Balaban J connectivity index is 1.76. The van der Waals surface area contributed by atoms with Gasteiger partial charge >= 0.3 is 0 Å². The van der Waals surface area contributed by atoms with Crippen LogP contribution in [0.15, 0.2) is 35.1 Å². The summed E-state index contributed by atoms with van der Waals surface area (Å²) in [5.74, 6) is 1.77. The molecule has 2 aromatic rings. The molecule has 1 heterocycles. The minimum atomic E-state index is -0.369. The van der Waals surface area contributed by atoms with Crippen LogP contribution < -0.4 is 10.9 Å². The number of pyridine rings is 1. The number of thioether (sulfide) groups is 1. The van der Waals surface area contributed by atoms with Gasteiger partial charge in [-0.15, -0.1) is 0 Å². The second-order valence-corrected chi connectivity index (χ2v) is 7.16. The topological polar surface area (TPSA) is 85.8 Å². The fourth-order valence-electron chi connectivity index (χ4n) is 2.77. The molecule has 0 spiro atoms. The third kappa shape index (κ3) is 5.50. The van der Waals surface area contributed by atoms with E-state index >= 15 is 0 Å². The summed E-state index contributed by atoms with van der Waals surface area (Å²) in [5.41, 5.74) is 3.29. The Morgan fingerprint density at radius 1 is 1.27 bits per heavy atom. The van der Waals surface area contributed by atoms with Crippen molar-refractivity contribution < 1.29 is 4.79 Å². The summed E-state index contributed by atoms with van der Waals surface area (Å²) in [6, 6.07) is 12.2. The first kappa shape index (κ1) is 19.8. The number of carbonyl (C=O) groups excluding carboxylic acids is 1. The highest BCUT2D eigenvalue weighted by Gasteiger charge is 2.13. The first-order chi connectivity index (χ1) is 12.5. The second kappa shape index (κ2) is 9.83. The standard InChI is InChI=1S/C20H23N3O2S/c1-14-17(15(2)23-20(25)18(14)12-21)8-9-19(24)22-10-11-26-13-16-6-4-3-5-7-16/h3-7H,8-11,13H2,1-2H3,(H,22,24)(H,23,25). The first-order valence-electron chi connectivity index (χ1n) is 8.53. The van der Waals surface area contributed by atoms with Crippen molar-refractivity contribution in [2.24, 2.45) is 0 Å². The molecule has 136 valence electrons. The van der Waals surface area contributed by atoms with Gasteiger partial charge in [-0.3, -0.25) is 9.59 Å². The molecule has 0 aliphatic rings. The van der Waals surface area contributed by atoms with E-state index < -0.39 is 0 Å². The summed E-state index contributed by atoms with van der Waals surface area (Å²) in [4.78, 5) is 26.4. The van der Waals surface area contributed by atoms with E-state index in [1.165, 1.54) is 5.56 Å². The molecule has 0 saturated carbocycles. The van der Waals surface area contributed by atoms with Gasteiger partial charge in [0.05, 0.1) is 0 Å². The van der Waals surface area contributed by atoms with Crippen LogP contribution in [0, 0.1) is 25.2 Å². The summed E-state index contributed by atoms with van der Waals surface area (Å²) in [6.07, 6.45) is 0.841. The van der Waals surface area contributed by atoms with Gasteiger partial charge < -0.3 is 10.3 Å². The lowest BCUT2D eigenvalue weighted by Gasteiger charge is -2.11. The molecule has 0 aliphatic carbocycles. The summed E-state index contributed by atoms with van der Waals surface area (Å²) in [6.45, 7) is 4.18. The highest BCUT2D eigenvalue weighted by atomic mass is 32.2. The molecule has 2 rings (SSSR count). The van der Waals surface area contributed by atoms with E-state index in [1.54, 1.807) is 25.6 Å². The average Bonchev–Trinajstić information content (AvgIpc) is 2.62. The highest BCUT2D eigenvalue weighted by Crippen LogP contribution is 2.15. The number of nitriles is 1. The maximum atomic E-state index is 12.0. The van der Waals surface area contributed by atoms with Crippen LogP contribution in [0.2, 0.25) is 0 Å². The number of aryl methyl sites for hydroxylation is 1. The van der Waals surface area contributed by atoms with Gasteiger partial charge in [0, 0.05) is 30.2 Å². The zero-order chi connectivity index (χ0) is 18.9. The Labute approximate surface area is 157 Å². The maximum Gasteiger partial charge on any atom is 0.266 e. The van der Waals surface area contributed by atoms with Crippen molar-refractivity contribution in [1.29, 1.82) is 5.26 Å². The Morgan fingerprint density at radius 3 is 2.69 bits per heavy atom. The van der Waals surface area contributed by atoms with Crippen LogP contribution in [0.1, 0.15) is 34.4 Å². The zero-order valence-corrected chi connectivity index (χ0v) is 15.9. The number of H-pyrrole nitrogens is 1. The van der Waals surface area contributed by atoms with Gasteiger partial charge in [-0.2, -0.15) is 17.0 Å². The lowest BCUT2D eigenvalue weighted by molar-refractivity contribution is -0.120. The molecule has 0 aliphatic heterocycles. The first-order valence-corrected chi connectivity index (χ1v) is 9.69. The number of rotatable bonds is 8.